The third kappa shape index (κ3) is 3.13. The zero-order valence-electron chi connectivity index (χ0n) is 12.0. The Morgan fingerprint density at radius 1 is 1.35 bits per heavy atom. The topological polar surface area (TPSA) is 138 Å². The molecule has 0 bridgehead atoms. The van der Waals surface area contributed by atoms with E-state index in [0.29, 0.717) is 11.0 Å². The van der Waals surface area contributed by atoms with Gasteiger partial charge in [-0.1, -0.05) is 12.1 Å². The van der Waals surface area contributed by atoms with Crippen molar-refractivity contribution in [2.75, 3.05) is 16.7 Å². The van der Waals surface area contributed by atoms with Crippen LogP contribution in [0, 0.1) is 0 Å². The highest BCUT2D eigenvalue weighted by Gasteiger charge is 2.16. The second-order valence-corrected chi connectivity index (χ2v) is 6.57. The van der Waals surface area contributed by atoms with Gasteiger partial charge in [-0.2, -0.15) is 9.90 Å². The van der Waals surface area contributed by atoms with Gasteiger partial charge in [0.1, 0.15) is 6.54 Å². The van der Waals surface area contributed by atoms with Gasteiger partial charge in [0.15, 0.2) is 5.82 Å². The molecular formula is C12H13N7O3S. The molecule has 0 atom stereocenters. The number of sulfonamides is 1. The molecule has 2 aromatic heterocycles. The maximum Gasteiger partial charge on any atom is 0.257 e. The van der Waals surface area contributed by atoms with Gasteiger partial charge in [-0.3, -0.25) is 9.52 Å². The summed E-state index contributed by atoms with van der Waals surface area (Å²) in [5, 5.41) is 7.72. The summed E-state index contributed by atoms with van der Waals surface area (Å²) in [6, 6.07) is 7.04. The number of fused-ring (bicyclic) bond motifs is 1. The van der Waals surface area contributed by atoms with Gasteiger partial charge in [-0.25, -0.2) is 18.0 Å². The minimum Gasteiger partial charge on any atom is -0.369 e. The number of anilines is 2. The summed E-state index contributed by atoms with van der Waals surface area (Å²) in [4.78, 5) is 17.6. The Labute approximate surface area is 131 Å². The molecule has 0 amide bonds. The first-order valence-electron chi connectivity index (χ1n) is 6.47. The summed E-state index contributed by atoms with van der Waals surface area (Å²) in [6.45, 7) is -0.212. The van der Waals surface area contributed by atoms with Gasteiger partial charge in [0.2, 0.25) is 16.0 Å². The van der Waals surface area contributed by atoms with Gasteiger partial charge >= 0.3 is 0 Å². The number of nitrogens with zero attached hydrogens (tertiary/aromatic N) is 5. The van der Waals surface area contributed by atoms with Crippen LogP contribution >= 0.6 is 0 Å². The predicted molar refractivity (Wildman–Crippen MR) is 83.3 cm³/mol. The zero-order valence-corrected chi connectivity index (χ0v) is 12.9. The van der Waals surface area contributed by atoms with E-state index in [2.05, 4.69) is 19.9 Å². The molecule has 0 aliphatic rings. The number of nitrogen functional groups attached to an aromatic ring is 1. The van der Waals surface area contributed by atoms with E-state index in [0.717, 1.165) is 11.1 Å². The molecule has 0 aliphatic carbocycles. The number of carbonyl (C=O) groups excluding carboxylic acids is 1. The lowest BCUT2D eigenvalue weighted by Crippen LogP contribution is -2.21. The highest BCUT2D eigenvalue weighted by atomic mass is 32.2. The van der Waals surface area contributed by atoms with Crippen LogP contribution in [0.4, 0.5) is 11.8 Å². The quantitative estimate of drug-likeness (QED) is 0.680. The van der Waals surface area contributed by atoms with Crippen molar-refractivity contribution in [2.45, 2.75) is 6.54 Å². The number of para-hydroxylation sites is 2. The fourth-order valence-electron chi connectivity index (χ4n) is 2.11. The summed E-state index contributed by atoms with van der Waals surface area (Å²) < 4.78 is 25.7. The highest BCUT2D eigenvalue weighted by molar-refractivity contribution is 7.92. The summed E-state index contributed by atoms with van der Waals surface area (Å²) in [5.74, 6) is -0.292. The number of imidazole rings is 1. The number of aromatic nitrogens is 5. The molecule has 0 aliphatic heterocycles. The molecule has 10 nitrogen and oxygen atoms in total. The van der Waals surface area contributed by atoms with Crippen LogP contribution in [0.3, 0.4) is 0 Å². The van der Waals surface area contributed by atoms with Crippen molar-refractivity contribution in [3.8, 4) is 0 Å². The Hall–Kier alpha value is -2.95. The van der Waals surface area contributed by atoms with Crippen molar-refractivity contribution in [3.63, 3.8) is 0 Å². The lowest BCUT2D eigenvalue weighted by molar-refractivity contribution is 0.0888. The van der Waals surface area contributed by atoms with Crippen molar-refractivity contribution in [1.82, 2.24) is 24.5 Å². The molecule has 120 valence electrons. The minimum absolute atomic E-state index is 0.0313. The lowest BCUT2D eigenvalue weighted by Gasteiger charge is -2.04. The standard InChI is InChI=1S/C12H13N7O3S/c1-23(21,22)17-10-6-14-18(16-10)7-11(20)19-9-5-3-2-4-8(9)15-12(19)13/h2-6H,7H2,1H3,(H2,13,15)(H,16,17). The lowest BCUT2D eigenvalue weighted by atomic mass is 10.3. The van der Waals surface area contributed by atoms with Crippen LogP contribution in [-0.4, -0.2) is 45.1 Å². The van der Waals surface area contributed by atoms with Gasteiger partial charge < -0.3 is 5.73 Å². The number of hydrogen-bond acceptors (Lipinski definition) is 7. The van der Waals surface area contributed by atoms with E-state index in [9.17, 15) is 13.2 Å². The SMILES string of the molecule is CS(=O)(=O)Nc1cnn(CC(=O)n2c(N)nc3ccccc32)n1. The first kappa shape index (κ1) is 15.0. The summed E-state index contributed by atoms with van der Waals surface area (Å²) >= 11 is 0. The number of nitrogens with two attached hydrogens (primary N) is 1. The molecule has 23 heavy (non-hydrogen) atoms. The molecule has 3 N–H and O–H groups in total. The third-order valence-corrected chi connectivity index (χ3v) is 3.52. The van der Waals surface area contributed by atoms with Crippen molar-refractivity contribution in [2.24, 2.45) is 0 Å². The Kier molecular flexibility index (Phi) is 3.48. The highest BCUT2D eigenvalue weighted by Crippen LogP contribution is 2.17. The summed E-state index contributed by atoms with van der Waals surface area (Å²) in [5.41, 5.74) is 6.97. The van der Waals surface area contributed by atoms with Gasteiger partial charge in [0.05, 0.1) is 23.5 Å². The number of hydrogen-bond donors (Lipinski definition) is 2. The number of nitrogens with one attached hydrogen (secondary N) is 1. The molecular weight excluding hydrogens is 322 g/mol. The third-order valence-electron chi connectivity index (χ3n) is 2.94. The molecule has 0 saturated carbocycles. The molecule has 0 fully saturated rings. The maximum atomic E-state index is 12.4. The van der Waals surface area contributed by atoms with Gasteiger partial charge in [-0.05, 0) is 12.1 Å². The molecule has 1 aromatic carbocycles. The minimum atomic E-state index is -3.46. The Morgan fingerprint density at radius 2 is 2.09 bits per heavy atom. The maximum absolute atomic E-state index is 12.4. The molecule has 3 rings (SSSR count). The van der Waals surface area contributed by atoms with E-state index in [1.54, 1.807) is 24.3 Å². The normalized spacial score (nSPS) is 11.7. The fourth-order valence-corrected chi connectivity index (χ4v) is 2.58. The van der Waals surface area contributed by atoms with E-state index >= 15 is 0 Å². The zero-order chi connectivity index (χ0) is 16.6. The monoisotopic (exact) mass is 335 g/mol. The van der Waals surface area contributed by atoms with E-state index in [-0.39, 0.29) is 18.3 Å². The number of rotatable bonds is 4. The van der Waals surface area contributed by atoms with E-state index in [1.807, 2.05) is 0 Å². The predicted octanol–water partition coefficient (Wildman–Crippen LogP) is -0.0781. The van der Waals surface area contributed by atoms with E-state index in [4.69, 9.17) is 5.73 Å². The number of carbonyl (C=O) groups is 1. The smallest absolute Gasteiger partial charge is 0.257 e. The van der Waals surface area contributed by atoms with Crippen molar-refractivity contribution in [1.29, 1.82) is 0 Å². The molecule has 0 radical (unpaired) electrons. The van der Waals surface area contributed by atoms with Gasteiger partial charge in [0.25, 0.3) is 5.91 Å². The number of benzene rings is 1. The fraction of sp³-hybridized carbons (Fsp3) is 0.167. The van der Waals surface area contributed by atoms with Crippen LogP contribution < -0.4 is 10.5 Å². The molecule has 0 unspecified atom stereocenters. The van der Waals surface area contributed by atoms with Crippen molar-refractivity contribution in [3.05, 3.63) is 30.5 Å². The molecule has 2 heterocycles. The average Bonchev–Trinajstić information content (AvgIpc) is 2.99. The van der Waals surface area contributed by atoms with Crippen LogP contribution in [-0.2, 0) is 16.6 Å². The van der Waals surface area contributed by atoms with Crippen LogP contribution in [0.2, 0.25) is 0 Å². The molecule has 3 aromatic rings. The summed E-state index contributed by atoms with van der Waals surface area (Å²) in [7, 11) is -3.46. The van der Waals surface area contributed by atoms with E-state index in [1.165, 1.54) is 10.8 Å². The molecule has 11 heteroatoms. The Morgan fingerprint density at radius 3 is 2.83 bits per heavy atom. The first-order valence-corrected chi connectivity index (χ1v) is 8.37. The largest absolute Gasteiger partial charge is 0.369 e. The van der Waals surface area contributed by atoms with Crippen LogP contribution in [0.1, 0.15) is 4.79 Å². The second kappa shape index (κ2) is 5.35. The first-order chi connectivity index (χ1) is 10.8. The van der Waals surface area contributed by atoms with Crippen molar-refractivity contribution >= 4 is 38.7 Å². The summed E-state index contributed by atoms with van der Waals surface area (Å²) in [6.07, 6.45) is 2.21. The van der Waals surface area contributed by atoms with E-state index < -0.39 is 15.9 Å². The van der Waals surface area contributed by atoms with Gasteiger partial charge in [-0.15, -0.1) is 5.10 Å². The molecule has 0 saturated heterocycles. The van der Waals surface area contributed by atoms with Crippen LogP contribution in [0.5, 0.6) is 0 Å². The van der Waals surface area contributed by atoms with Crippen molar-refractivity contribution < 1.29 is 13.2 Å². The van der Waals surface area contributed by atoms with Gasteiger partial charge in [0, 0.05) is 0 Å². The van der Waals surface area contributed by atoms with Crippen LogP contribution in [0.25, 0.3) is 11.0 Å². The van der Waals surface area contributed by atoms with Crippen LogP contribution in [0.15, 0.2) is 30.5 Å². The Balaban J connectivity index is 1.85. The Bertz CT molecular complexity index is 989. The second-order valence-electron chi connectivity index (χ2n) is 4.82. The molecule has 0 spiro atoms. The average molecular weight is 335 g/mol.